The largest absolute Gasteiger partial charge is 0.317 e. The Bertz CT molecular complexity index is 402. The van der Waals surface area contributed by atoms with Crippen molar-refractivity contribution in [2.24, 2.45) is 5.92 Å². The molecule has 2 rings (SSSR count). The smallest absolute Gasteiger partial charge is 0.130 e. The summed E-state index contributed by atoms with van der Waals surface area (Å²) in [7, 11) is 1.94. The molecule has 0 radical (unpaired) electrons. The van der Waals surface area contributed by atoms with Crippen LogP contribution in [0.1, 0.15) is 31.4 Å². The third-order valence-electron chi connectivity index (χ3n) is 4.08. The van der Waals surface area contributed by atoms with E-state index < -0.39 is 11.6 Å². The van der Waals surface area contributed by atoms with Crippen molar-refractivity contribution in [3.63, 3.8) is 0 Å². The van der Waals surface area contributed by atoms with Gasteiger partial charge in [0, 0.05) is 18.2 Å². The number of rotatable bonds is 4. The summed E-state index contributed by atoms with van der Waals surface area (Å²) in [6, 6.07) is 3.82. The summed E-state index contributed by atoms with van der Waals surface area (Å²) < 4.78 is 27.5. The highest BCUT2D eigenvalue weighted by atomic mass is 35.5. The molecule has 1 aliphatic rings. The van der Waals surface area contributed by atoms with E-state index in [0.29, 0.717) is 5.92 Å². The van der Waals surface area contributed by atoms with Crippen LogP contribution in [0.2, 0.25) is 0 Å². The van der Waals surface area contributed by atoms with Crippen molar-refractivity contribution in [2.45, 2.75) is 25.8 Å². The van der Waals surface area contributed by atoms with Crippen LogP contribution < -0.4 is 5.32 Å². The van der Waals surface area contributed by atoms with E-state index in [0.717, 1.165) is 32.5 Å². The second-order valence-electron chi connectivity index (χ2n) is 5.44. The third-order valence-corrected chi connectivity index (χ3v) is 4.08. The maximum absolute atomic E-state index is 13.8. The van der Waals surface area contributed by atoms with Crippen LogP contribution in [0.4, 0.5) is 8.78 Å². The molecule has 114 valence electrons. The van der Waals surface area contributed by atoms with E-state index in [4.69, 9.17) is 0 Å². The van der Waals surface area contributed by atoms with Gasteiger partial charge >= 0.3 is 0 Å². The number of hydrogen-bond donors (Lipinski definition) is 1. The highest BCUT2D eigenvalue weighted by Gasteiger charge is 2.22. The maximum atomic E-state index is 13.8. The summed E-state index contributed by atoms with van der Waals surface area (Å²) >= 11 is 0. The monoisotopic (exact) mass is 304 g/mol. The van der Waals surface area contributed by atoms with Gasteiger partial charge in [-0.2, -0.15) is 0 Å². The normalized spacial score (nSPS) is 17.9. The first-order valence-electron chi connectivity index (χ1n) is 6.94. The average Bonchev–Trinajstić information content (AvgIpc) is 2.39. The zero-order chi connectivity index (χ0) is 13.8. The molecule has 1 unspecified atom stereocenters. The fraction of sp³-hybridized carbons (Fsp3) is 0.600. The van der Waals surface area contributed by atoms with Crippen LogP contribution in [-0.4, -0.2) is 31.6 Å². The van der Waals surface area contributed by atoms with Crippen molar-refractivity contribution in [1.82, 2.24) is 10.2 Å². The first kappa shape index (κ1) is 17.3. The lowest BCUT2D eigenvalue weighted by atomic mass is 9.96. The lowest BCUT2D eigenvalue weighted by Crippen LogP contribution is -2.35. The van der Waals surface area contributed by atoms with Gasteiger partial charge < -0.3 is 5.32 Å². The summed E-state index contributed by atoms with van der Waals surface area (Å²) in [6.07, 6.45) is 2.27. The van der Waals surface area contributed by atoms with Gasteiger partial charge in [0.1, 0.15) is 11.6 Å². The molecule has 0 bridgehead atoms. The van der Waals surface area contributed by atoms with E-state index in [2.05, 4.69) is 10.2 Å². The number of piperidine rings is 1. The topological polar surface area (TPSA) is 15.3 Å². The van der Waals surface area contributed by atoms with E-state index in [-0.39, 0.29) is 24.0 Å². The highest BCUT2D eigenvalue weighted by molar-refractivity contribution is 5.85. The van der Waals surface area contributed by atoms with Gasteiger partial charge in [-0.05, 0) is 58.0 Å². The SMILES string of the molecule is CC(c1c(F)cccc1F)N(C)CC1CCNCC1.Cl. The number of nitrogens with zero attached hydrogens (tertiary/aromatic N) is 1. The molecule has 0 aromatic heterocycles. The average molecular weight is 305 g/mol. The van der Waals surface area contributed by atoms with Crippen molar-refractivity contribution in [3.8, 4) is 0 Å². The molecule has 2 nitrogen and oxygen atoms in total. The van der Waals surface area contributed by atoms with Crippen LogP contribution in [0.15, 0.2) is 18.2 Å². The Morgan fingerprint density at radius 1 is 1.25 bits per heavy atom. The molecule has 1 atom stereocenters. The van der Waals surface area contributed by atoms with Crippen LogP contribution in [-0.2, 0) is 0 Å². The van der Waals surface area contributed by atoms with Crippen LogP contribution in [0.3, 0.4) is 0 Å². The standard InChI is InChI=1S/C15H22F2N2.ClH/c1-11(15-13(16)4-3-5-14(15)17)19(2)10-12-6-8-18-9-7-12;/h3-5,11-12,18H,6-10H2,1-2H3;1H. The molecule has 0 saturated carbocycles. The molecule has 0 aliphatic carbocycles. The fourth-order valence-corrected chi connectivity index (χ4v) is 2.76. The molecular formula is C15H23ClF2N2. The van der Waals surface area contributed by atoms with E-state index in [9.17, 15) is 8.78 Å². The molecule has 0 amide bonds. The Morgan fingerprint density at radius 3 is 2.35 bits per heavy atom. The minimum Gasteiger partial charge on any atom is -0.317 e. The van der Waals surface area contributed by atoms with E-state index in [1.807, 2.05) is 14.0 Å². The summed E-state index contributed by atoms with van der Waals surface area (Å²) in [5, 5.41) is 3.33. The molecule has 1 aromatic rings. The van der Waals surface area contributed by atoms with Crippen LogP contribution in [0.25, 0.3) is 0 Å². The molecule has 5 heteroatoms. The number of halogens is 3. The molecule has 20 heavy (non-hydrogen) atoms. The Kier molecular flexibility index (Phi) is 6.86. The first-order valence-corrected chi connectivity index (χ1v) is 6.94. The maximum Gasteiger partial charge on any atom is 0.130 e. The highest BCUT2D eigenvalue weighted by Crippen LogP contribution is 2.26. The molecule has 0 spiro atoms. The summed E-state index contributed by atoms with van der Waals surface area (Å²) in [6.45, 7) is 4.83. The Morgan fingerprint density at radius 2 is 1.80 bits per heavy atom. The van der Waals surface area contributed by atoms with Crippen LogP contribution in [0.5, 0.6) is 0 Å². The van der Waals surface area contributed by atoms with E-state index >= 15 is 0 Å². The van der Waals surface area contributed by atoms with Crippen molar-refractivity contribution >= 4 is 12.4 Å². The minimum absolute atomic E-state index is 0. The summed E-state index contributed by atoms with van der Waals surface area (Å²) in [5.74, 6) is -0.294. The zero-order valence-corrected chi connectivity index (χ0v) is 12.9. The second-order valence-corrected chi connectivity index (χ2v) is 5.44. The van der Waals surface area contributed by atoms with Gasteiger partial charge in [0.15, 0.2) is 0 Å². The van der Waals surface area contributed by atoms with E-state index in [1.54, 1.807) is 0 Å². The molecule has 1 aromatic carbocycles. The zero-order valence-electron chi connectivity index (χ0n) is 12.0. The van der Waals surface area contributed by atoms with Crippen molar-refractivity contribution < 1.29 is 8.78 Å². The molecular weight excluding hydrogens is 282 g/mol. The van der Waals surface area contributed by atoms with Crippen LogP contribution >= 0.6 is 12.4 Å². The molecule has 1 saturated heterocycles. The summed E-state index contributed by atoms with van der Waals surface area (Å²) in [4.78, 5) is 2.05. The predicted octanol–water partition coefficient (Wildman–Crippen LogP) is 3.38. The van der Waals surface area contributed by atoms with Gasteiger partial charge in [-0.15, -0.1) is 12.4 Å². The lowest BCUT2D eigenvalue weighted by Gasteiger charge is -2.31. The van der Waals surface area contributed by atoms with Gasteiger partial charge in [-0.25, -0.2) is 8.78 Å². The van der Waals surface area contributed by atoms with Crippen molar-refractivity contribution in [3.05, 3.63) is 35.4 Å². The lowest BCUT2D eigenvalue weighted by molar-refractivity contribution is 0.191. The Hall–Kier alpha value is -0.710. The molecule has 1 N–H and O–H groups in total. The first-order chi connectivity index (χ1) is 9.09. The van der Waals surface area contributed by atoms with E-state index in [1.165, 1.54) is 18.2 Å². The third kappa shape index (κ3) is 4.14. The molecule has 1 aliphatic heterocycles. The van der Waals surface area contributed by atoms with Crippen molar-refractivity contribution in [2.75, 3.05) is 26.7 Å². The number of nitrogens with one attached hydrogen (secondary N) is 1. The van der Waals surface area contributed by atoms with Gasteiger partial charge in [0.25, 0.3) is 0 Å². The van der Waals surface area contributed by atoms with Crippen LogP contribution in [0, 0.1) is 17.6 Å². The van der Waals surface area contributed by atoms with Gasteiger partial charge in [0.2, 0.25) is 0 Å². The summed E-state index contributed by atoms with van der Waals surface area (Å²) in [5.41, 5.74) is 0.180. The number of benzene rings is 1. The van der Waals surface area contributed by atoms with Gasteiger partial charge in [0.05, 0.1) is 0 Å². The van der Waals surface area contributed by atoms with Gasteiger partial charge in [-0.1, -0.05) is 6.07 Å². The Labute approximate surface area is 126 Å². The van der Waals surface area contributed by atoms with Gasteiger partial charge in [-0.3, -0.25) is 4.90 Å². The number of hydrogen-bond acceptors (Lipinski definition) is 2. The minimum atomic E-state index is -0.454. The molecule has 1 fully saturated rings. The Balaban J connectivity index is 0.00000200. The fourth-order valence-electron chi connectivity index (χ4n) is 2.76. The molecule has 1 heterocycles. The predicted molar refractivity (Wildman–Crippen MR) is 80.2 cm³/mol. The quantitative estimate of drug-likeness (QED) is 0.917. The van der Waals surface area contributed by atoms with Crippen molar-refractivity contribution in [1.29, 1.82) is 0 Å². The second kappa shape index (κ2) is 7.91.